The molecule has 1 saturated heterocycles. The minimum atomic E-state index is -0.274. The van der Waals surface area contributed by atoms with Gasteiger partial charge in [0.25, 0.3) is 0 Å². The Morgan fingerprint density at radius 3 is 2.59 bits per heavy atom. The monoisotopic (exact) mass is 546 g/mol. The molecule has 1 aliphatic rings. The van der Waals surface area contributed by atoms with Gasteiger partial charge in [0.2, 0.25) is 0 Å². The summed E-state index contributed by atoms with van der Waals surface area (Å²) in [4.78, 5) is 29.3. The van der Waals surface area contributed by atoms with E-state index in [9.17, 15) is 9.18 Å². The smallest absolute Gasteiger partial charge is 0.321 e. The molecule has 0 radical (unpaired) electrons. The molecular formula is C31H27FN8O. The lowest BCUT2D eigenvalue weighted by Gasteiger charge is -2.32. The standard InChI is InChI=1S/C31H27FN8O/c1-39-8-10-40(11-9-39)31(41)35-23-13-20(16-33-18-23)21-14-26-29(37-38-30(26)34-17-21)28-15-25-24(6-3-7-27(25)36-28)19-4-2-5-22(32)12-19/h2-7,12-18,36H,8-11H2,1H3,(H,35,41)(H,34,37,38). The summed E-state index contributed by atoms with van der Waals surface area (Å²) in [5.41, 5.74) is 7.17. The normalized spacial score (nSPS) is 14.1. The Hall–Kier alpha value is -5.09. The van der Waals surface area contributed by atoms with Crippen LogP contribution in [0.1, 0.15) is 0 Å². The molecule has 10 heteroatoms. The number of anilines is 1. The molecular weight excluding hydrogens is 519 g/mol. The van der Waals surface area contributed by atoms with Crippen LogP contribution in [0, 0.1) is 5.82 Å². The van der Waals surface area contributed by atoms with Crippen LogP contribution >= 0.6 is 0 Å². The highest BCUT2D eigenvalue weighted by Gasteiger charge is 2.20. The quantitative estimate of drug-likeness (QED) is 0.261. The van der Waals surface area contributed by atoms with Crippen molar-refractivity contribution in [3.8, 4) is 33.6 Å². The molecule has 0 bridgehead atoms. The molecule has 0 saturated carbocycles. The van der Waals surface area contributed by atoms with E-state index in [1.807, 2.05) is 47.4 Å². The minimum absolute atomic E-state index is 0.126. The number of likely N-dealkylation sites (N-methyl/N-ethyl adjacent to an activating group) is 1. The molecule has 0 unspecified atom stereocenters. The summed E-state index contributed by atoms with van der Waals surface area (Å²) in [6, 6.07) is 18.4. The summed E-state index contributed by atoms with van der Waals surface area (Å²) in [6.45, 7) is 3.09. The number of nitrogens with one attached hydrogen (secondary N) is 3. The third-order valence-corrected chi connectivity index (χ3v) is 7.58. The second kappa shape index (κ2) is 10.1. The van der Waals surface area contributed by atoms with Gasteiger partial charge in [0.1, 0.15) is 11.5 Å². The van der Waals surface area contributed by atoms with E-state index < -0.39 is 0 Å². The molecule has 2 amide bonds. The van der Waals surface area contributed by atoms with Gasteiger partial charge in [-0.3, -0.25) is 10.1 Å². The summed E-state index contributed by atoms with van der Waals surface area (Å²) in [5, 5.41) is 12.4. The molecule has 0 atom stereocenters. The third kappa shape index (κ3) is 4.78. The first kappa shape index (κ1) is 24.9. The summed E-state index contributed by atoms with van der Waals surface area (Å²) < 4.78 is 14.0. The molecule has 4 aromatic heterocycles. The molecule has 204 valence electrons. The van der Waals surface area contributed by atoms with Gasteiger partial charge in [-0.1, -0.05) is 24.3 Å². The van der Waals surface area contributed by atoms with Crippen molar-refractivity contribution in [2.75, 3.05) is 38.5 Å². The predicted molar refractivity (Wildman–Crippen MR) is 158 cm³/mol. The zero-order chi connectivity index (χ0) is 27.9. The maximum Gasteiger partial charge on any atom is 0.321 e. The number of urea groups is 1. The molecule has 0 aliphatic carbocycles. The van der Waals surface area contributed by atoms with Gasteiger partial charge in [0.05, 0.1) is 17.6 Å². The van der Waals surface area contributed by atoms with Gasteiger partial charge in [0, 0.05) is 66.0 Å². The number of fused-ring (bicyclic) bond motifs is 2. The molecule has 9 nitrogen and oxygen atoms in total. The molecule has 1 aliphatic heterocycles. The predicted octanol–water partition coefficient (Wildman–Crippen LogP) is 5.75. The molecule has 2 aromatic carbocycles. The van der Waals surface area contributed by atoms with E-state index in [2.05, 4.69) is 42.4 Å². The Balaban J connectivity index is 1.21. The fourth-order valence-corrected chi connectivity index (χ4v) is 5.34. The SMILES string of the molecule is CN1CCN(C(=O)Nc2cncc(-c3cnc4[nH]nc(-c5cc6c(-c7cccc(F)c7)cccc6[nH]5)c4c3)c2)CC1. The summed E-state index contributed by atoms with van der Waals surface area (Å²) >= 11 is 0. The van der Waals surface area contributed by atoms with E-state index in [1.165, 1.54) is 12.1 Å². The molecule has 7 rings (SSSR count). The van der Waals surface area contributed by atoms with Gasteiger partial charge >= 0.3 is 6.03 Å². The molecule has 3 N–H and O–H groups in total. The van der Waals surface area contributed by atoms with Crippen LogP contribution in [0.2, 0.25) is 0 Å². The molecule has 41 heavy (non-hydrogen) atoms. The maximum atomic E-state index is 14.0. The largest absolute Gasteiger partial charge is 0.353 e. The number of benzene rings is 2. The highest BCUT2D eigenvalue weighted by molar-refractivity contribution is 6.01. The molecule has 6 aromatic rings. The average Bonchev–Trinajstić information content (AvgIpc) is 3.61. The van der Waals surface area contributed by atoms with Crippen molar-refractivity contribution in [3.05, 3.63) is 85.1 Å². The number of aromatic nitrogens is 5. The topological polar surface area (TPSA) is 106 Å². The molecule has 0 spiro atoms. The van der Waals surface area contributed by atoms with Crippen LogP contribution in [0.25, 0.3) is 55.6 Å². The Kier molecular flexibility index (Phi) is 6.16. The van der Waals surface area contributed by atoms with E-state index in [1.54, 1.807) is 24.7 Å². The van der Waals surface area contributed by atoms with Crippen molar-refractivity contribution in [2.45, 2.75) is 0 Å². The van der Waals surface area contributed by atoms with E-state index in [-0.39, 0.29) is 11.8 Å². The second-order valence-electron chi connectivity index (χ2n) is 10.3. The summed E-state index contributed by atoms with van der Waals surface area (Å²) in [5.74, 6) is -0.274. The lowest BCUT2D eigenvalue weighted by molar-refractivity contribution is 0.164. The Bertz CT molecular complexity index is 1900. The Morgan fingerprint density at radius 2 is 1.73 bits per heavy atom. The van der Waals surface area contributed by atoms with E-state index in [0.29, 0.717) is 24.4 Å². The number of amides is 2. The summed E-state index contributed by atoms with van der Waals surface area (Å²) in [7, 11) is 2.06. The van der Waals surface area contributed by atoms with Crippen LogP contribution in [0.5, 0.6) is 0 Å². The molecule has 1 fully saturated rings. The highest BCUT2D eigenvalue weighted by Crippen LogP contribution is 2.35. The number of halogens is 1. The van der Waals surface area contributed by atoms with Crippen LogP contribution < -0.4 is 5.32 Å². The maximum absolute atomic E-state index is 14.0. The van der Waals surface area contributed by atoms with Crippen molar-refractivity contribution in [2.24, 2.45) is 0 Å². The van der Waals surface area contributed by atoms with Crippen molar-refractivity contribution < 1.29 is 9.18 Å². The number of aromatic amines is 2. The number of hydrogen-bond acceptors (Lipinski definition) is 5. The third-order valence-electron chi connectivity index (χ3n) is 7.58. The fourth-order valence-electron chi connectivity index (χ4n) is 5.34. The Morgan fingerprint density at radius 1 is 0.902 bits per heavy atom. The minimum Gasteiger partial charge on any atom is -0.353 e. The van der Waals surface area contributed by atoms with Crippen LogP contribution in [0.15, 0.2) is 79.3 Å². The lowest BCUT2D eigenvalue weighted by atomic mass is 10.0. The number of hydrogen-bond donors (Lipinski definition) is 3. The highest BCUT2D eigenvalue weighted by atomic mass is 19.1. The fraction of sp³-hybridized carbons (Fsp3) is 0.161. The number of H-pyrrole nitrogens is 2. The van der Waals surface area contributed by atoms with E-state index in [0.717, 1.165) is 63.0 Å². The van der Waals surface area contributed by atoms with Crippen LogP contribution in [0.4, 0.5) is 14.9 Å². The number of carbonyl (C=O) groups excluding carboxylic acids is 1. The van der Waals surface area contributed by atoms with Crippen molar-refractivity contribution >= 4 is 33.7 Å². The van der Waals surface area contributed by atoms with Crippen molar-refractivity contribution in [3.63, 3.8) is 0 Å². The van der Waals surface area contributed by atoms with Gasteiger partial charge in [-0.2, -0.15) is 5.10 Å². The van der Waals surface area contributed by atoms with Gasteiger partial charge in [-0.05, 0) is 54.6 Å². The summed E-state index contributed by atoms with van der Waals surface area (Å²) in [6.07, 6.45) is 5.16. The van der Waals surface area contributed by atoms with Gasteiger partial charge in [0.15, 0.2) is 5.65 Å². The van der Waals surface area contributed by atoms with E-state index in [4.69, 9.17) is 0 Å². The number of pyridine rings is 2. The number of carbonyl (C=O) groups is 1. The zero-order valence-corrected chi connectivity index (χ0v) is 22.4. The lowest BCUT2D eigenvalue weighted by Crippen LogP contribution is -2.48. The second-order valence-corrected chi connectivity index (χ2v) is 10.3. The van der Waals surface area contributed by atoms with Gasteiger partial charge < -0.3 is 20.1 Å². The first-order valence-corrected chi connectivity index (χ1v) is 13.4. The van der Waals surface area contributed by atoms with Crippen molar-refractivity contribution in [1.82, 2.24) is 34.9 Å². The number of nitrogens with zero attached hydrogens (tertiary/aromatic N) is 5. The van der Waals surface area contributed by atoms with Gasteiger partial charge in [-0.25, -0.2) is 14.2 Å². The number of piperazine rings is 1. The molecule has 5 heterocycles. The first-order valence-electron chi connectivity index (χ1n) is 13.4. The van der Waals surface area contributed by atoms with Crippen LogP contribution in [-0.2, 0) is 0 Å². The first-order chi connectivity index (χ1) is 20.0. The van der Waals surface area contributed by atoms with Crippen LogP contribution in [-0.4, -0.2) is 74.2 Å². The average molecular weight is 547 g/mol. The van der Waals surface area contributed by atoms with Crippen molar-refractivity contribution in [1.29, 1.82) is 0 Å². The van der Waals surface area contributed by atoms with Crippen LogP contribution in [0.3, 0.4) is 0 Å². The van der Waals surface area contributed by atoms with E-state index >= 15 is 0 Å². The Labute approximate surface area is 235 Å². The zero-order valence-electron chi connectivity index (χ0n) is 22.4. The van der Waals surface area contributed by atoms with Gasteiger partial charge in [-0.15, -0.1) is 0 Å². The number of rotatable bonds is 4.